The van der Waals surface area contributed by atoms with Gasteiger partial charge in [0.1, 0.15) is 0 Å². The quantitative estimate of drug-likeness (QED) is 0.815. The first-order valence-electron chi connectivity index (χ1n) is 7.55. The fourth-order valence-electron chi connectivity index (χ4n) is 2.38. The molecule has 6 heteroatoms. The van der Waals surface area contributed by atoms with E-state index in [1.807, 2.05) is 20.0 Å². The smallest absolute Gasteiger partial charge is 0.273 e. The molecule has 1 aromatic heterocycles. The maximum atomic E-state index is 12.3. The molecule has 0 spiro atoms. The molecule has 0 bridgehead atoms. The minimum Gasteiger partial charge on any atom is -0.347 e. The van der Waals surface area contributed by atoms with Crippen molar-refractivity contribution >= 4 is 21.8 Å². The Kier molecular flexibility index (Phi) is 6.87. The summed E-state index contributed by atoms with van der Waals surface area (Å²) in [5.41, 5.74) is 0.448. The van der Waals surface area contributed by atoms with Gasteiger partial charge < -0.3 is 5.32 Å². The highest BCUT2D eigenvalue weighted by atomic mass is 79.9. The van der Waals surface area contributed by atoms with Crippen LogP contribution in [-0.2, 0) is 6.54 Å². The predicted molar refractivity (Wildman–Crippen MR) is 89.5 cm³/mol. The molecule has 0 saturated carbocycles. The number of carbonyl (C=O) groups is 1. The van der Waals surface area contributed by atoms with Crippen molar-refractivity contribution in [2.24, 2.45) is 0 Å². The normalized spacial score (nSPS) is 13.2. The van der Waals surface area contributed by atoms with Gasteiger partial charge in [-0.2, -0.15) is 5.10 Å². The fraction of sp³-hybridized carbons (Fsp3) is 0.733. The van der Waals surface area contributed by atoms with Gasteiger partial charge in [-0.3, -0.25) is 14.4 Å². The van der Waals surface area contributed by atoms with Gasteiger partial charge in [-0.1, -0.05) is 0 Å². The largest absolute Gasteiger partial charge is 0.347 e. The molecular formula is C15H27BrN4O. The first-order chi connectivity index (χ1) is 9.76. The van der Waals surface area contributed by atoms with E-state index in [2.05, 4.69) is 58.9 Å². The molecule has 0 saturated heterocycles. The second kappa shape index (κ2) is 7.94. The van der Waals surface area contributed by atoms with E-state index in [4.69, 9.17) is 0 Å². The molecule has 1 aromatic rings. The zero-order chi connectivity index (χ0) is 16.2. The Bertz CT molecular complexity index is 462. The van der Waals surface area contributed by atoms with E-state index in [-0.39, 0.29) is 11.9 Å². The van der Waals surface area contributed by atoms with Crippen LogP contribution in [0.15, 0.2) is 10.7 Å². The number of rotatable bonds is 7. The van der Waals surface area contributed by atoms with E-state index in [0.717, 1.165) is 17.6 Å². The summed E-state index contributed by atoms with van der Waals surface area (Å²) in [6.45, 7) is 14.3. The Hall–Kier alpha value is -0.880. The third-order valence-corrected chi connectivity index (χ3v) is 4.03. The van der Waals surface area contributed by atoms with E-state index in [1.165, 1.54) is 0 Å². The van der Waals surface area contributed by atoms with Crippen molar-refractivity contribution < 1.29 is 4.79 Å². The molecule has 0 unspecified atom stereocenters. The first kappa shape index (κ1) is 18.2. The maximum Gasteiger partial charge on any atom is 0.273 e. The van der Waals surface area contributed by atoms with Crippen LogP contribution in [-0.4, -0.2) is 45.3 Å². The SMILES string of the molecule is CCn1cc(Br)c(C(=O)N[C@H](C)CN(C(C)C)C(C)C)n1. The van der Waals surface area contributed by atoms with Gasteiger partial charge in [0.2, 0.25) is 0 Å². The number of nitrogens with zero attached hydrogens (tertiary/aromatic N) is 3. The van der Waals surface area contributed by atoms with Gasteiger partial charge in [-0.25, -0.2) is 0 Å². The molecular weight excluding hydrogens is 332 g/mol. The number of aromatic nitrogens is 2. The summed E-state index contributed by atoms with van der Waals surface area (Å²) in [5.74, 6) is -0.131. The summed E-state index contributed by atoms with van der Waals surface area (Å²) < 4.78 is 2.48. The Labute approximate surface area is 136 Å². The standard InChI is InChI=1S/C15H27BrN4O/c1-7-19-9-13(16)14(18-19)15(21)17-12(6)8-20(10(2)3)11(4)5/h9-12H,7-8H2,1-6H3,(H,17,21)/t12-/m1/s1. The van der Waals surface area contributed by atoms with Crippen LogP contribution in [0.5, 0.6) is 0 Å². The molecule has 1 N–H and O–H groups in total. The molecule has 0 radical (unpaired) electrons. The molecule has 1 amide bonds. The zero-order valence-electron chi connectivity index (χ0n) is 13.9. The van der Waals surface area contributed by atoms with Crippen molar-refractivity contribution in [2.75, 3.05) is 6.54 Å². The van der Waals surface area contributed by atoms with Crippen LogP contribution < -0.4 is 5.32 Å². The Balaban J connectivity index is 2.67. The second-order valence-corrected chi connectivity index (χ2v) is 6.79. The number of amides is 1. The van der Waals surface area contributed by atoms with Gasteiger partial charge in [0, 0.05) is 37.4 Å². The zero-order valence-corrected chi connectivity index (χ0v) is 15.4. The van der Waals surface area contributed by atoms with Crippen molar-refractivity contribution in [1.82, 2.24) is 20.0 Å². The molecule has 120 valence electrons. The molecule has 0 aromatic carbocycles. The van der Waals surface area contributed by atoms with Gasteiger partial charge in [-0.05, 0) is 57.5 Å². The third-order valence-electron chi connectivity index (χ3n) is 3.44. The average Bonchev–Trinajstić information content (AvgIpc) is 2.76. The summed E-state index contributed by atoms with van der Waals surface area (Å²) in [4.78, 5) is 14.7. The lowest BCUT2D eigenvalue weighted by Crippen LogP contribution is -2.47. The number of carbonyl (C=O) groups excluding carboxylic acids is 1. The molecule has 0 aliphatic rings. The van der Waals surface area contributed by atoms with Crippen molar-refractivity contribution in [1.29, 1.82) is 0 Å². The molecule has 0 aliphatic heterocycles. The average molecular weight is 359 g/mol. The predicted octanol–water partition coefficient (Wildman–Crippen LogP) is 2.90. The molecule has 1 rings (SSSR count). The van der Waals surface area contributed by atoms with E-state index in [0.29, 0.717) is 17.8 Å². The lowest BCUT2D eigenvalue weighted by molar-refractivity contribution is 0.0904. The van der Waals surface area contributed by atoms with Gasteiger partial charge in [-0.15, -0.1) is 0 Å². The number of hydrogen-bond donors (Lipinski definition) is 1. The number of aryl methyl sites for hydroxylation is 1. The van der Waals surface area contributed by atoms with Gasteiger partial charge in [0.05, 0.1) is 4.47 Å². The molecule has 0 fully saturated rings. The van der Waals surface area contributed by atoms with Crippen molar-refractivity contribution in [3.8, 4) is 0 Å². The first-order valence-corrected chi connectivity index (χ1v) is 8.35. The lowest BCUT2D eigenvalue weighted by Gasteiger charge is -2.33. The third kappa shape index (κ3) is 5.11. The van der Waals surface area contributed by atoms with Gasteiger partial charge in [0.15, 0.2) is 5.69 Å². The minimum absolute atomic E-state index is 0.0703. The van der Waals surface area contributed by atoms with Crippen molar-refractivity contribution in [3.63, 3.8) is 0 Å². The second-order valence-electron chi connectivity index (χ2n) is 5.94. The number of hydrogen-bond acceptors (Lipinski definition) is 3. The van der Waals surface area contributed by atoms with Crippen LogP contribution in [0.4, 0.5) is 0 Å². The molecule has 1 heterocycles. The van der Waals surface area contributed by atoms with E-state index >= 15 is 0 Å². The molecule has 0 aliphatic carbocycles. The van der Waals surface area contributed by atoms with Crippen LogP contribution >= 0.6 is 15.9 Å². The highest BCUT2D eigenvalue weighted by Gasteiger charge is 2.20. The summed E-state index contributed by atoms with van der Waals surface area (Å²) in [6.07, 6.45) is 1.83. The van der Waals surface area contributed by atoms with Crippen LogP contribution in [0.2, 0.25) is 0 Å². The summed E-state index contributed by atoms with van der Waals surface area (Å²) in [7, 11) is 0. The Morgan fingerprint density at radius 3 is 2.33 bits per heavy atom. The van der Waals surface area contributed by atoms with Gasteiger partial charge >= 0.3 is 0 Å². The fourth-order valence-corrected chi connectivity index (χ4v) is 2.88. The highest BCUT2D eigenvalue weighted by Crippen LogP contribution is 2.15. The van der Waals surface area contributed by atoms with E-state index in [1.54, 1.807) is 4.68 Å². The number of halogens is 1. The van der Waals surface area contributed by atoms with Crippen LogP contribution in [0.3, 0.4) is 0 Å². The minimum atomic E-state index is -0.131. The van der Waals surface area contributed by atoms with Crippen LogP contribution in [0, 0.1) is 0 Å². The van der Waals surface area contributed by atoms with Gasteiger partial charge in [0.25, 0.3) is 5.91 Å². The topological polar surface area (TPSA) is 50.2 Å². The number of nitrogens with one attached hydrogen (secondary N) is 1. The summed E-state index contributed by atoms with van der Waals surface area (Å²) in [5, 5.41) is 7.30. The summed E-state index contributed by atoms with van der Waals surface area (Å²) >= 11 is 3.39. The van der Waals surface area contributed by atoms with Crippen LogP contribution in [0.1, 0.15) is 52.0 Å². The Morgan fingerprint density at radius 1 is 1.33 bits per heavy atom. The highest BCUT2D eigenvalue weighted by molar-refractivity contribution is 9.10. The summed E-state index contributed by atoms with van der Waals surface area (Å²) in [6, 6.07) is 0.978. The van der Waals surface area contributed by atoms with E-state index < -0.39 is 0 Å². The molecule has 5 nitrogen and oxygen atoms in total. The Morgan fingerprint density at radius 2 is 1.90 bits per heavy atom. The van der Waals surface area contributed by atoms with Crippen molar-refractivity contribution in [3.05, 3.63) is 16.4 Å². The van der Waals surface area contributed by atoms with Crippen molar-refractivity contribution in [2.45, 2.75) is 66.2 Å². The lowest BCUT2D eigenvalue weighted by atomic mass is 10.2. The van der Waals surface area contributed by atoms with E-state index in [9.17, 15) is 4.79 Å². The van der Waals surface area contributed by atoms with Crippen LogP contribution in [0.25, 0.3) is 0 Å². The molecule has 21 heavy (non-hydrogen) atoms. The molecule has 1 atom stereocenters. The maximum absolute atomic E-state index is 12.3. The monoisotopic (exact) mass is 358 g/mol.